The van der Waals surface area contributed by atoms with Crippen LogP contribution in [0, 0.1) is 0 Å². The topological polar surface area (TPSA) is 61.8 Å². The highest BCUT2D eigenvalue weighted by atomic mass is 16.5. The molecule has 0 bridgehead atoms. The normalized spacial score (nSPS) is 11.5. The lowest BCUT2D eigenvalue weighted by Crippen LogP contribution is -2.36. The van der Waals surface area contributed by atoms with E-state index < -0.39 is 0 Å². The monoisotopic (exact) mass is 388 g/mol. The molecule has 5 heteroatoms. The fourth-order valence-electron chi connectivity index (χ4n) is 3.84. The zero-order chi connectivity index (χ0) is 20.2. The zero-order valence-corrected chi connectivity index (χ0v) is 16.4. The summed E-state index contributed by atoms with van der Waals surface area (Å²) in [6, 6.07) is 21.7. The van der Waals surface area contributed by atoms with E-state index in [1.54, 1.807) is 12.0 Å². The highest BCUT2D eigenvalue weighted by molar-refractivity contribution is 5.90. The Morgan fingerprint density at radius 1 is 1.03 bits per heavy atom. The van der Waals surface area contributed by atoms with Crippen LogP contribution in [-0.4, -0.2) is 36.3 Å². The number of nitrogens with zero attached hydrogens (tertiary/aromatic N) is 1. The first-order chi connectivity index (χ1) is 14.2. The molecule has 0 atom stereocenters. The van der Waals surface area contributed by atoms with Crippen LogP contribution in [0.25, 0.3) is 11.1 Å². The van der Waals surface area contributed by atoms with Crippen LogP contribution < -0.4 is 10.1 Å². The summed E-state index contributed by atoms with van der Waals surface area (Å²) in [4.78, 5) is 14.5. The Morgan fingerprint density at radius 3 is 2.62 bits per heavy atom. The standard InChI is InChI=1S/C24H24N2O3/c1-29-23-9-5-3-7-18(23)16-26(12-13-27)24(28)25-20-10-11-22-19(15-20)14-17-6-2-4-8-21(17)22/h2-11,15,27H,12-14,16H2,1H3,(H,25,28). The first-order valence-corrected chi connectivity index (χ1v) is 9.69. The van der Waals surface area contributed by atoms with E-state index in [1.807, 2.05) is 42.5 Å². The lowest BCUT2D eigenvalue weighted by Gasteiger charge is -2.23. The maximum atomic E-state index is 12.9. The van der Waals surface area contributed by atoms with Gasteiger partial charge in [0.05, 0.1) is 20.3 Å². The summed E-state index contributed by atoms with van der Waals surface area (Å²) in [5.74, 6) is 0.721. The third kappa shape index (κ3) is 3.96. The van der Waals surface area contributed by atoms with Crippen molar-refractivity contribution in [3.63, 3.8) is 0 Å². The van der Waals surface area contributed by atoms with Crippen LogP contribution in [0.3, 0.4) is 0 Å². The molecule has 0 radical (unpaired) electrons. The van der Waals surface area contributed by atoms with Gasteiger partial charge in [-0.15, -0.1) is 0 Å². The van der Waals surface area contributed by atoms with Crippen molar-refractivity contribution < 1.29 is 14.6 Å². The summed E-state index contributed by atoms with van der Waals surface area (Å²) in [5, 5.41) is 12.4. The maximum Gasteiger partial charge on any atom is 0.322 e. The lowest BCUT2D eigenvalue weighted by molar-refractivity contribution is 0.184. The minimum absolute atomic E-state index is 0.109. The van der Waals surface area contributed by atoms with Gasteiger partial charge in [0.25, 0.3) is 0 Å². The summed E-state index contributed by atoms with van der Waals surface area (Å²) in [6.45, 7) is 0.481. The summed E-state index contributed by atoms with van der Waals surface area (Å²) >= 11 is 0. The van der Waals surface area contributed by atoms with Gasteiger partial charge in [-0.25, -0.2) is 4.79 Å². The number of para-hydroxylation sites is 1. The second-order valence-electron chi connectivity index (χ2n) is 7.09. The maximum absolute atomic E-state index is 12.9. The number of ether oxygens (including phenoxy) is 1. The molecule has 0 aliphatic heterocycles. The fourth-order valence-corrected chi connectivity index (χ4v) is 3.84. The SMILES string of the molecule is COc1ccccc1CN(CCO)C(=O)Nc1ccc2c(c1)Cc1ccccc1-2. The van der Waals surface area contributed by atoms with E-state index in [9.17, 15) is 9.90 Å². The number of amides is 2. The second-order valence-corrected chi connectivity index (χ2v) is 7.09. The molecule has 2 N–H and O–H groups in total. The molecule has 1 aliphatic rings. The van der Waals surface area contributed by atoms with E-state index in [0.29, 0.717) is 6.54 Å². The van der Waals surface area contributed by atoms with E-state index in [0.717, 1.165) is 23.4 Å². The Balaban J connectivity index is 1.51. The van der Waals surface area contributed by atoms with Crippen LogP contribution in [0.2, 0.25) is 0 Å². The number of fused-ring (bicyclic) bond motifs is 3. The molecule has 5 nitrogen and oxygen atoms in total. The number of aliphatic hydroxyl groups is 1. The van der Waals surface area contributed by atoms with Gasteiger partial charge in [-0.05, 0) is 46.9 Å². The van der Waals surface area contributed by atoms with Gasteiger partial charge in [-0.2, -0.15) is 0 Å². The summed E-state index contributed by atoms with van der Waals surface area (Å²) < 4.78 is 5.38. The van der Waals surface area contributed by atoms with Crippen molar-refractivity contribution in [1.29, 1.82) is 0 Å². The highest BCUT2D eigenvalue weighted by Crippen LogP contribution is 2.37. The number of nitrogens with one attached hydrogen (secondary N) is 1. The van der Waals surface area contributed by atoms with Gasteiger partial charge < -0.3 is 20.1 Å². The van der Waals surface area contributed by atoms with E-state index in [1.165, 1.54) is 22.3 Å². The van der Waals surface area contributed by atoms with Crippen LogP contribution in [0.5, 0.6) is 5.75 Å². The average Bonchev–Trinajstić information content (AvgIpc) is 3.11. The van der Waals surface area contributed by atoms with E-state index in [-0.39, 0.29) is 19.2 Å². The lowest BCUT2D eigenvalue weighted by atomic mass is 10.1. The number of hydrogen-bond acceptors (Lipinski definition) is 3. The van der Waals surface area contributed by atoms with Gasteiger partial charge in [0.15, 0.2) is 0 Å². The number of methoxy groups -OCH3 is 1. The number of aliphatic hydroxyl groups excluding tert-OH is 1. The van der Waals surface area contributed by atoms with Crippen LogP contribution >= 0.6 is 0 Å². The molecule has 0 fully saturated rings. The molecule has 0 saturated heterocycles. The number of hydrogen-bond donors (Lipinski definition) is 2. The van der Waals surface area contributed by atoms with Crippen LogP contribution in [0.15, 0.2) is 66.7 Å². The number of rotatable bonds is 6. The van der Waals surface area contributed by atoms with Gasteiger partial charge in [0.2, 0.25) is 0 Å². The van der Waals surface area contributed by atoms with E-state index in [2.05, 4.69) is 29.6 Å². The van der Waals surface area contributed by atoms with Gasteiger partial charge >= 0.3 is 6.03 Å². The van der Waals surface area contributed by atoms with Crippen molar-refractivity contribution in [2.45, 2.75) is 13.0 Å². The first-order valence-electron chi connectivity index (χ1n) is 9.69. The minimum atomic E-state index is -0.250. The molecule has 3 aromatic carbocycles. The predicted octanol–water partition coefficient (Wildman–Crippen LogP) is 4.29. The Morgan fingerprint density at radius 2 is 1.79 bits per heavy atom. The van der Waals surface area contributed by atoms with Crippen molar-refractivity contribution in [2.24, 2.45) is 0 Å². The summed E-state index contributed by atoms with van der Waals surface area (Å²) in [6.07, 6.45) is 0.872. The largest absolute Gasteiger partial charge is 0.496 e. The van der Waals surface area contributed by atoms with Gasteiger partial charge in [0.1, 0.15) is 5.75 Å². The fraction of sp³-hybridized carbons (Fsp3) is 0.208. The Labute approximate surface area is 170 Å². The number of carbonyl (C=O) groups excluding carboxylic acids is 1. The number of anilines is 1. The third-order valence-corrected chi connectivity index (χ3v) is 5.26. The molecule has 0 saturated carbocycles. The molecular weight excluding hydrogens is 364 g/mol. The third-order valence-electron chi connectivity index (χ3n) is 5.26. The van der Waals surface area contributed by atoms with Crippen LogP contribution in [0.1, 0.15) is 16.7 Å². The Bertz CT molecular complexity index is 1030. The molecule has 0 heterocycles. The van der Waals surface area contributed by atoms with Crippen molar-refractivity contribution in [2.75, 3.05) is 25.6 Å². The van der Waals surface area contributed by atoms with E-state index >= 15 is 0 Å². The smallest absolute Gasteiger partial charge is 0.322 e. The molecule has 1 aliphatic carbocycles. The van der Waals surface area contributed by atoms with Crippen molar-refractivity contribution >= 4 is 11.7 Å². The quantitative estimate of drug-likeness (QED) is 0.518. The predicted molar refractivity (Wildman–Crippen MR) is 114 cm³/mol. The Kier molecular flexibility index (Phi) is 5.49. The molecule has 29 heavy (non-hydrogen) atoms. The number of carbonyl (C=O) groups is 1. The zero-order valence-electron chi connectivity index (χ0n) is 16.4. The molecule has 0 aromatic heterocycles. The van der Waals surface area contributed by atoms with Crippen molar-refractivity contribution in [1.82, 2.24) is 4.90 Å². The van der Waals surface area contributed by atoms with Gasteiger partial charge in [-0.1, -0.05) is 48.5 Å². The van der Waals surface area contributed by atoms with Gasteiger partial charge in [-0.3, -0.25) is 0 Å². The molecule has 4 rings (SSSR count). The Hall–Kier alpha value is -3.31. The van der Waals surface area contributed by atoms with Crippen LogP contribution in [0.4, 0.5) is 10.5 Å². The highest BCUT2D eigenvalue weighted by Gasteiger charge is 2.20. The van der Waals surface area contributed by atoms with Crippen molar-refractivity contribution in [3.8, 4) is 16.9 Å². The molecule has 0 unspecified atom stereocenters. The second kappa shape index (κ2) is 8.37. The average molecular weight is 388 g/mol. The summed E-state index contributed by atoms with van der Waals surface area (Å²) in [7, 11) is 1.61. The minimum Gasteiger partial charge on any atom is -0.496 e. The summed E-state index contributed by atoms with van der Waals surface area (Å²) in [5.41, 5.74) is 6.65. The van der Waals surface area contributed by atoms with E-state index in [4.69, 9.17) is 4.74 Å². The molecule has 3 aromatic rings. The first kappa shape index (κ1) is 19.0. The number of benzene rings is 3. The van der Waals surface area contributed by atoms with Crippen molar-refractivity contribution in [3.05, 3.63) is 83.4 Å². The molecule has 2 amide bonds. The van der Waals surface area contributed by atoms with Crippen LogP contribution in [-0.2, 0) is 13.0 Å². The van der Waals surface area contributed by atoms with Gasteiger partial charge in [0, 0.05) is 17.8 Å². The number of urea groups is 1. The molecule has 148 valence electrons. The molecule has 0 spiro atoms. The molecular formula is C24H24N2O3.